The van der Waals surface area contributed by atoms with Crippen molar-refractivity contribution in [2.45, 2.75) is 18.9 Å². The van der Waals surface area contributed by atoms with Gasteiger partial charge in [0.2, 0.25) is 0 Å². The van der Waals surface area contributed by atoms with Crippen LogP contribution in [0, 0.1) is 0 Å². The Hall–Kier alpha value is -1.75. The second kappa shape index (κ2) is 5.73. The normalized spacial score (nSPS) is 18.8. The third-order valence-electron chi connectivity index (χ3n) is 3.19. The van der Waals surface area contributed by atoms with Gasteiger partial charge in [-0.05, 0) is 37.1 Å². The lowest BCUT2D eigenvalue weighted by atomic mass is 10.2. The lowest BCUT2D eigenvalue weighted by Gasteiger charge is -2.23. The van der Waals surface area contributed by atoms with Gasteiger partial charge in [-0.2, -0.15) is 0 Å². The number of carbonyl (C=O) groups excluding carboxylic acids is 1. The standard InChI is InChI=1S/C13H18N2O3/c1-18-12-6-4-10(5-7-12)14-13(17)15-8-2-3-11(15)9-16/h4-7,11,16H,2-3,8-9H2,1H3,(H,14,17)/t11-/m0/s1. The highest BCUT2D eigenvalue weighted by Gasteiger charge is 2.27. The lowest BCUT2D eigenvalue weighted by molar-refractivity contribution is 0.166. The first kappa shape index (κ1) is 12.7. The predicted molar refractivity (Wildman–Crippen MR) is 68.8 cm³/mol. The summed E-state index contributed by atoms with van der Waals surface area (Å²) in [5.41, 5.74) is 0.726. The van der Waals surface area contributed by atoms with Crippen LogP contribution in [-0.2, 0) is 0 Å². The molecule has 0 spiro atoms. The number of carbonyl (C=O) groups is 1. The number of nitrogens with one attached hydrogen (secondary N) is 1. The van der Waals surface area contributed by atoms with E-state index in [9.17, 15) is 9.90 Å². The van der Waals surface area contributed by atoms with Crippen molar-refractivity contribution < 1.29 is 14.6 Å². The summed E-state index contributed by atoms with van der Waals surface area (Å²) in [6.07, 6.45) is 1.81. The first-order chi connectivity index (χ1) is 8.74. The molecular weight excluding hydrogens is 232 g/mol. The van der Waals surface area contributed by atoms with Gasteiger partial charge in [-0.15, -0.1) is 0 Å². The summed E-state index contributed by atoms with van der Waals surface area (Å²) in [6, 6.07) is 6.97. The summed E-state index contributed by atoms with van der Waals surface area (Å²) in [6.45, 7) is 0.725. The molecule has 0 saturated carbocycles. The van der Waals surface area contributed by atoms with Gasteiger partial charge in [0, 0.05) is 12.2 Å². The van der Waals surface area contributed by atoms with E-state index in [4.69, 9.17) is 4.74 Å². The average Bonchev–Trinajstić information content (AvgIpc) is 2.88. The molecule has 1 aliphatic heterocycles. The molecule has 0 unspecified atom stereocenters. The maximum atomic E-state index is 12.0. The first-order valence-electron chi connectivity index (χ1n) is 6.07. The highest BCUT2D eigenvalue weighted by molar-refractivity contribution is 5.89. The van der Waals surface area contributed by atoms with Crippen molar-refractivity contribution in [2.75, 3.05) is 25.6 Å². The van der Waals surface area contributed by atoms with Crippen molar-refractivity contribution in [1.29, 1.82) is 0 Å². The third kappa shape index (κ3) is 2.73. The van der Waals surface area contributed by atoms with Crippen molar-refractivity contribution in [1.82, 2.24) is 4.90 Å². The fourth-order valence-electron chi connectivity index (χ4n) is 2.16. The monoisotopic (exact) mass is 250 g/mol. The number of aliphatic hydroxyl groups excluding tert-OH is 1. The molecule has 1 atom stereocenters. The molecule has 5 nitrogen and oxygen atoms in total. The van der Waals surface area contributed by atoms with Gasteiger partial charge in [-0.3, -0.25) is 0 Å². The number of urea groups is 1. The Balaban J connectivity index is 1.97. The van der Waals surface area contributed by atoms with Gasteiger partial charge in [0.25, 0.3) is 0 Å². The molecule has 1 aliphatic rings. The van der Waals surface area contributed by atoms with Crippen molar-refractivity contribution in [2.24, 2.45) is 0 Å². The van der Waals surface area contributed by atoms with Crippen LogP contribution in [-0.4, -0.2) is 42.3 Å². The molecule has 98 valence electrons. The summed E-state index contributed by atoms with van der Waals surface area (Å²) in [4.78, 5) is 13.7. The fraction of sp³-hybridized carbons (Fsp3) is 0.462. The van der Waals surface area contributed by atoms with Crippen LogP contribution in [0.25, 0.3) is 0 Å². The van der Waals surface area contributed by atoms with Crippen molar-refractivity contribution in [3.05, 3.63) is 24.3 Å². The highest BCUT2D eigenvalue weighted by Crippen LogP contribution is 2.19. The molecule has 1 fully saturated rings. The number of rotatable bonds is 3. The number of aliphatic hydroxyl groups is 1. The number of ether oxygens (including phenoxy) is 1. The Morgan fingerprint density at radius 1 is 1.50 bits per heavy atom. The zero-order valence-corrected chi connectivity index (χ0v) is 10.4. The van der Waals surface area contributed by atoms with E-state index in [1.165, 1.54) is 0 Å². The van der Waals surface area contributed by atoms with E-state index < -0.39 is 0 Å². The zero-order valence-electron chi connectivity index (χ0n) is 10.4. The minimum Gasteiger partial charge on any atom is -0.497 e. The molecule has 1 aromatic rings. The largest absolute Gasteiger partial charge is 0.497 e. The Kier molecular flexibility index (Phi) is 4.04. The second-order valence-electron chi connectivity index (χ2n) is 4.33. The van der Waals surface area contributed by atoms with Crippen LogP contribution in [0.5, 0.6) is 5.75 Å². The van der Waals surface area contributed by atoms with Gasteiger partial charge < -0.3 is 20.1 Å². The maximum absolute atomic E-state index is 12.0. The minimum atomic E-state index is -0.156. The molecule has 0 bridgehead atoms. The molecule has 1 aromatic carbocycles. The first-order valence-corrected chi connectivity index (χ1v) is 6.07. The molecular formula is C13H18N2O3. The number of benzene rings is 1. The predicted octanol–water partition coefficient (Wildman–Crippen LogP) is 1.68. The summed E-state index contributed by atoms with van der Waals surface area (Å²) >= 11 is 0. The van der Waals surface area contributed by atoms with Crippen molar-refractivity contribution in [3.8, 4) is 5.75 Å². The van der Waals surface area contributed by atoms with E-state index in [2.05, 4.69) is 5.32 Å². The smallest absolute Gasteiger partial charge is 0.322 e. The van der Waals surface area contributed by atoms with Crippen LogP contribution < -0.4 is 10.1 Å². The van der Waals surface area contributed by atoms with Gasteiger partial charge >= 0.3 is 6.03 Å². The van der Waals surface area contributed by atoms with Gasteiger partial charge in [0.15, 0.2) is 0 Å². The van der Waals surface area contributed by atoms with Crippen molar-refractivity contribution >= 4 is 11.7 Å². The van der Waals surface area contributed by atoms with Crippen LogP contribution in [0.3, 0.4) is 0 Å². The van der Waals surface area contributed by atoms with Crippen LogP contribution in [0.15, 0.2) is 24.3 Å². The number of amides is 2. The Bertz CT molecular complexity index is 405. The second-order valence-corrected chi connectivity index (χ2v) is 4.33. The van der Waals surface area contributed by atoms with Crippen molar-refractivity contribution in [3.63, 3.8) is 0 Å². The van der Waals surface area contributed by atoms with Crippen LogP contribution in [0.2, 0.25) is 0 Å². The average molecular weight is 250 g/mol. The molecule has 2 rings (SSSR count). The molecule has 18 heavy (non-hydrogen) atoms. The molecule has 1 saturated heterocycles. The Morgan fingerprint density at radius 2 is 2.22 bits per heavy atom. The summed E-state index contributed by atoms with van der Waals surface area (Å²) in [7, 11) is 1.60. The van der Waals surface area contributed by atoms with Gasteiger partial charge in [-0.25, -0.2) is 4.79 Å². The molecule has 2 amide bonds. The quantitative estimate of drug-likeness (QED) is 0.858. The molecule has 0 aliphatic carbocycles. The number of anilines is 1. The van der Waals surface area contributed by atoms with Crippen LogP contribution in [0.1, 0.15) is 12.8 Å². The van der Waals surface area contributed by atoms with E-state index in [-0.39, 0.29) is 18.7 Å². The highest BCUT2D eigenvalue weighted by atomic mass is 16.5. The fourth-order valence-corrected chi connectivity index (χ4v) is 2.16. The number of likely N-dealkylation sites (tertiary alicyclic amines) is 1. The third-order valence-corrected chi connectivity index (χ3v) is 3.19. The molecule has 1 heterocycles. The topological polar surface area (TPSA) is 61.8 Å². The molecule has 5 heteroatoms. The van der Waals surface area contributed by atoms with E-state index in [0.717, 1.165) is 24.3 Å². The number of hydrogen-bond acceptors (Lipinski definition) is 3. The summed E-state index contributed by atoms with van der Waals surface area (Å²) in [5.74, 6) is 0.752. The van der Waals surface area contributed by atoms with Gasteiger partial charge in [0.05, 0.1) is 19.8 Å². The number of nitrogens with zero attached hydrogens (tertiary/aromatic N) is 1. The van der Waals surface area contributed by atoms with Crippen LogP contribution in [0.4, 0.5) is 10.5 Å². The molecule has 0 aromatic heterocycles. The van der Waals surface area contributed by atoms with E-state index in [0.29, 0.717) is 6.54 Å². The van der Waals surface area contributed by atoms with Gasteiger partial charge in [-0.1, -0.05) is 0 Å². The maximum Gasteiger partial charge on any atom is 0.322 e. The summed E-state index contributed by atoms with van der Waals surface area (Å²) < 4.78 is 5.05. The molecule has 2 N–H and O–H groups in total. The van der Waals surface area contributed by atoms with Crippen LogP contribution >= 0.6 is 0 Å². The lowest BCUT2D eigenvalue weighted by Crippen LogP contribution is -2.40. The number of methoxy groups -OCH3 is 1. The SMILES string of the molecule is COc1ccc(NC(=O)N2CCC[C@H]2CO)cc1. The zero-order chi connectivity index (χ0) is 13.0. The minimum absolute atomic E-state index is 0.0238. The Morgan fingerprint density at radius 3 is 2.83 bits per heavy atom. The molecule has 0 radical (unpaired) electrons. The van der Waals surface area contributed by atoms with E-state index >= 15 is 0 Å². The van der Waals surface area contributed by atoms with Gasteiger partial charge in [0.1, 0.15) is 5.75 Å². The van der Waals surface area contributed by atoms with E-state index in [1.54, 1.807) is 36.3 Å². The Labute approximate surface area is 106 Å². The number of hydrogen-bond donors (Lipinski definition) is 2. The summed E-state index contributed by atoms with van der Waals surface area (Å²) in [5, 5.41) is 12.0. The van der Waals surface area contributed by atoms with E-state index in [1.807, 2.05) is 0 Å².